The molecule has 0 saturated carbocycles. The van der Waals surface area contributed by atoms with E-state index in [4.69, 9.17) is 32.7 Å². The van der Waals surface area contributed by atoms with Gasteiger partial charge in [0.2, 0.25) is 0 Å². The van der Waals surface area contributed by atoms with Crippen LogP contribution >= 0.6 is 45.8 Å². The normalized spacial score (nSPS) is 19.3. The van der Waals surface area contributed by atoms with Gasteiger partial charge in [-0.2, -0.15) is 0 Å². The third-order valence-electron chi connectivity index (χ3n) is 6.83. The van der Waals surface area contributed by atoms with E-state index < -0.39 is 18.2 Å². The Morgan fingerprint density at radius 1 is 0.897 bits per heavy atom. The number of carbonyl (C=O) groups excluding carboxylic acids is 1. The lowest BCUT2D eigenvalue weighted by Crippen LogP contribution is -2.51. The summed E-state index contributed by atoms with van der Waals surface area (Å²) in [6.07, 6.45) is -1.31. The third kappa shape index (κ3) is 6.40. The molecule has 0 bridgehead atoms. The Labute approximate surface area is 250 Å². The van der Waals surface area contributed by atoms with Crippen molar-refractivity contribution in [2.45, 2.75) is 31.2 Å². The highest BCUT2D eigenvalue weighted by Gasteiger charge is 2.44. The van der Waals surface area contributed by atoms with Gasteiger partial charge in [-0.1, -0.05) is 65.7 Å². The van der Waals surface area contributed by atoms with Crippen LogP contribution in [-0.4, -0.2) is 24.0 Å². The van der Waals surface area contributed by atoms with Gasteiger partial charge in [-0.15, -0.1) is 0 Å². The molecule has 0 aromatic heterocycles. The standard InChI is InChI=1S/C31H25Cl2FINO3/c1-38-26-14-2-19(3-15-26)18-36-29(20-4-9-23(32)10-5-20)30(21-6-11-24(33)12-7-21)39-28(31(36)37)16-22-8-13-25(35)17-27(22)34/h2-15,17,28-30H,16,18H2,1H3/t28-,29?,30-/m1/s1. The molecule has 1 unspecified atom stereocenters. The Morgan fingerprint density at radius 3 is 2.10 bits per heavy atom. The fourth-order valence-corrected chi connectivity index (χ4v) is 5.55. The number of carbonyl (C=O) groups is 1. The molecule has 0 N–H and O–H groups in total. The summed E-state index contributed by atoms with van der Waals surface area (Å²) < 4.78 is 27.5. The predicted molar refractivity (Wildman–Crippen MR) is 160 cm³/mol. The highest BCUT2D eigenvalue weighted by atomic mass is 127. The Bertz CT molecular complexity index is 1450. The minimum atomic E-state index is -0.887. The molecule has 1 aliphatic heterocycles. The van der Waals surface area contributed by atoms with Gasteiger partial charge in [0, 0.05) is 26.6 Å². The number of hydrogen-bond donors (Lipinski definition) is 0. The van der Waals surface area contributed by atoms with Gasteiger partial charge in [-0.25, -0.2) is 4.39 Å². The SMILES string of the molecule is COc1ccc(CN2C(=O)[C@@H](Cc3ccc(I)cc3F)O[C@H](c3ccc(Cl)cc3)C2c2ccc(Cl)cc2)cc1. The zero-order valence-corrected chi connectivity index (χ0v) is 24.7. The molecule has 4 nitrogen and oxygen atoms in total. The van der Waals surface area contributed by atoms with Crippen LogP contribution in [0.1, 0.15) is 34.4 Å². The van der Waals surface area contributed by atoms with Crippen LogP contribution in [0.2, 0.25) is 10.0 Å². The summed E-state index contributed by atoms with van der Waals surface area (Å²) in [4.78, 5) is 15.9. The lowest BCUT2D eigenvalue weighted by molar-refractivity contribution is -0.175. The molecule has 1 aliphatic rings. The molecular weight excluding hydrogens is 651 g/mol. The first-order valence-corrected chi connectivity index (χ1v) is 14.2. The minimum absolute atomic E-state index is 0.109. The molecule has 0 aliphatic carbocycles. The van der Waals surface area contributed by atoms with Gasteiger partial charge in [-0.3, -0.25) is 4.79 Å². The molecule has 5 rings (SSSR count). The molecule has 1 saturated heterocycles. The summed E-state index contributed by atoms with van der Waals surface area (Å²) in [6.45, 7) is 0.329. The van der Waals surface area contributed by atoms with Crippen LogP contribution < -0.4 is 4.74 Å². The van der Waals surface area contributed by atoms with Crippen molar-refractivity contribution < 1.29 is 18.7 Å². The van der Waals surface area contributed by atoms with E-state index in [1.54, 1.807) is 37.4 Å². The monoisotopic (exact) mass is 675 g/mol. The van der Waals surface area contributed by atoms with Crippen molar-refractivity contribution in [3.8, 4) is 5.75 Å². The van der Waals surface area contributed by atoms with Crippen LogP contribution in [-0.2, 0) is 22.5 Å². The van der Waals surface area contributed by atoms with E-state index in [1.165, 1.54) is 6.07 Å². The Balaban J connectivity index is 1.59. The van der Waals surface area contributed by atoms with Gasteiger partial charge >= 0.3 is 0 Å². The maximum atomic E-state index is 14.9. The van der Waals surface area contributed by atoms with Crippen LogP contribution in [0.4, 0.5) is 4.39 Å². The molecule has 1 fully saturated rings. The smallest absolute Gasteiger partial charge is 0.253 e. The fourth-order valence-electron chi connectivity index (χ4n) is 4.85. The van der Waals surface area contributed by atoms with Gasteiger partial charge in [-0.05, 0) is 93.4 Å². The summed E-state index contributed by atoms with van der Waals surface area (Å²) in [5.74, 6) is 0.157. The second kappa shape index (κ2) is 12.3. The number of nitrogens with zero attached hydrogens (tertiary/aromatic N) is 1. The first kappa shape index (κ1) is 27.9. The number of halogens is 4. The molecule has 200 valence electrons. The maximum Gasteiger partial charge on any atom is 0.253 e. The van der Waals surface area contributed by atoms with Crippen LogP contribution in [0, 0.1) is 9.39 Å². The third-order valence-corrected chi connectivity index (χ3v) is 8.01. The molecule has 1 heterocycles. The summed E-state index contributed by atoms with van der Waals surface area (Å²) >= 11 is 14.5. The van der Waals surface area contributed by atoms with Crippen molar-refractivity contribution in [2.24, 2.45) is 0 Å². The van der Waals surface area contributed by atoms with Gasteiger partial charge < -0.3 is 14.4 Å². The summed E-state index contributed by atoms with van der Waals surface area (Å²) in [5, 5.41) is 1.19. The number of ether oxygens (including phenoxy) is 2. The highest BCUT2D eigenvalue weighted by molar-refractivity contribution is 14.1. The van der Waals surface area contributed by atoms with E-state index >= 15 is 0 Å². The second-order valence-corrected chi connectivity index (χ2v) is 11.5. The summed E-state index contributed by atoms with van der Waals surface area (Å²) in [7, 11) is 1.61. The number of benzene rings is 4. The van der Waals surface area contributed by atoms with Gasteiger partial charge in [0.1, 0.15) is 23.8 Å². The zero-order chi connectivity index (χ0) is 27.5. The molecule has 39 heavy (non-hydrogen) atoms. The van der Waals surface area contributed by atoms with E-state index in [0.717, 1.165) is 26.0 Å². The fraction of sp³-hybridized carbons (Fsp3) is 0.194. The highest BCUT2D eigenvalue weighted by Crippen LogP contribution is 2.44. The average molecular weight is 676 g/mol. The van der Waals surface area contributed by atoms with Crippen molar-refractivity contribution in [1.29, 1.82) is 0 Å². The molecular formula is C31H25Cl2FINO3. The molecule has 0 spiro atoms. The van der Waals surface area contributed by atoms with Crippen LogP contribution in [0.3, 0.4) is 0 Å². The van der Waals surface area contributed by atoms with Crippen LogP contribution in [0.25, 0.3) is 0 Å². The van der Waals surface area contributed by atoms with Gasteiger partial charge in [0.15, 0.2) is 0 Å². The lowest BCUT2D eigenvalue weighted by Gasteiger charge is -2.45. The van der Waals surface area contributed by atoms with Crippen molar-refractivity contribution in [2.75, 3.05) is 7.11 Å². The largest absolute Gasteiger partial charge is 0.497 e. The van der Waals surface area contributed by atoms with Crippen molar-refractivity contribution in [1.82, 2.24) is 4.90 Å². The lowest BCUT2D eigenvalue weighted by atomic mass is 9.90. The van der Waals surface area contributed by atoms with Crippen LogP contribution in [0.5, 0.6) is 5.75 Å². The molecule has 1 amide bonds. The van der Waals surface area contributed by atoms with E-state index in [-0.39, 0.29) is 18.1 Å². The second-order valence-electron chi connectivity index (χ2n) is 9.35. The Hall–Kier alpha value is -2.65. The molecule has 0 radical (unpaired) electrons. The van der Waals surface area contributed by atoms with Crippen LogP contribution in [0.15, 0.2) is 91.0 Å². The van der Waals surface area contributed by atoms with Gasteiger partial charge in [0.05, 0.1) is 13.2 Å². The Morgan fingerprint density at radius 2 is 1.51 bits per heavy atom. The molecule has 3 atom stereocenters. The predicted octanol–water partition coefficient (Wildman–Crippen LogP) is 8.20. The van der Waals surface area contributed by atoms with Crippen molar-refractivity contribution in [3.05, 3.63) is 133 Å². The molecule has 4 aromatic rings. The zero-order valence-electron chi connectivity index (χ0n) is 21.0. The summed E-state index contributed by atoms with van der Waals surface area (Å²) in [5.41, 5.74) is 3.09. The van der Waals surface area contributed by atoms with E-state index in [2.05, 4.69) is 22.6 Å². The van der Waals surface area contributed by atoms with E-state index in [1.807, 2.05) is 59.5 Å². The van der Waals surface area contributed by atoms with Crippen molar-refractivity contribution >= 4 is 51.7 Å². The quantitative estimate of drug-likeness (QED) is 0.186. The first-order chi connectivity index (χ1) is 18.8. The van der Waals surface area contributed by atoms with Gasteiger partial charge in [0.25, 0.3) is 5.91 Å². The number of methoxy groups -OCH3 is 1. The molecule has 8 heteroatoms. The maximum absolute atomic E-state index is 14.9. The number of hydrogen-bond acceptors (Lipinski definition) is 3. The van der Waals surface area contributed by atoms with E-state index in [0.29, 0.717) is 22.2 Å². The number of morpholine rings is 1. The number of amides is 1. The minimum Gasteiger partial charge on any atom is -0.497 e. The first-order valence-electron chi connectivity index (χ1n) is 12.4. The topological polar surface area (TPSA) is 38.8 Å². The number of rotatable bonds is 7. The summed E-state index contributed by atoms with van der Waals surface area (Å²) in [6, 6.07) is 27.0. The Kier molecular flexibility index (Phi) is 8.76. The average Bonchev–Trinajstić information content (AvgIpc) is 2.93. The van der Waals surface area contributed by atoms with E-state index in [9.17, 15) is 9.18 Å². The van der Waals surface area contributed by atoms with Crippen molar-refractivity contribution in [3.63, 3.8) is 0 Å². The molecule has 4 aromatic carbocycles.